The summed E-state index contributed by atoms with van der Waals surface area (Å²) in [5.41, 5.74) is 1.04. The molecular formula is C16H21NO4S. The molecule has 1 aromatic carbocycles. The Hall–Kier alpha value is -1.56. The number of hydrogen-bond donors (Lipinski definition) is 0. The van der Waals surface area contributed by atoms with Crippen LogP contribution in [0.2, 0.25) is 0 Å². The number of ether oxygens (including phenoxy) is 1. The van der Waals surface area contributed by atoms with Crippen LogP contribution >= 0.6 is 0 Å². The zero-order valence-corrected chi connectivity index (χ0v) is 13.5. The van der Waals surface area contributed by atoms with E-state index in [1.807, 2.05) is 29.2 Å². The van der Waals surface area contributed by atoms with Crippen LogP contribution in [-0.4, -0.2) is 43.9 Å². The second-order valence-corrected chi connectivity index (χ2v) is 8.37. The fourth-order valence-electron chi connectivity index (χ4n) is 2.93. The van der Waals surface area contributed by atoms with E-state index in [4.69, 9.17) is 4.74 Å². The van der Waals surface area contributed by atoms with Gasteiger partial charge in [-0.3, -0.25) is 4.79 Å². The van der Waals surface area contributed by atoms with Gasteiger partial charge < -0.3 is 9.64 Å². The first-order valence-electron chi connectivity index (χ1n) is 7.62. The topological polar surface area (TPSA) is 63.7 Å². The lowest BCUT2D eigenvalue weighted by molar-refractivity contribution is -0.136. The summed E-state index contributed by atoms with van der Waals surface area (Å²) in [6.45, 7) is 0.546. The third kappa shape index (κ3) is 3.43. The van der Waals surface area contributed by atoms with Crippen molar-refractivity contribution < 1.29 is 17.9 Å². The summed E-state index contributed by atoms with van der Waals surface area (Å²) in [6.07, 6.45) is 2.50. The van der Waals surface area contributed by atoms with Crippen LogP contribution in [0.1, 0.15) is 24.8 Å². The number of sulfone groups is 1. The SMILES string of the molecule is COc1ccc(CN(C(=O)C2CCS(=O)(=O)C2)C2CC2)cc1. The summed E-state index contributed by atoms with van der Waals surface area (Å²) in [5, 5.41) is 0. The van der Waals surface area contributed by atoms with Crippen LogP contribution in [-0.2, 0) is 21.2 Å². The zero-order chi connectivity index (χ0) is 15.7. The number of rotatable bonds is 5. The van der Waals surface area contributed by atoms with Gasteiger partial charge in [-0.25, -0.2) is 8.42 Å². The van der Waals surface area contributed by atoms with E-state index < -0.39 is 9.84 Å². The Labute approximate surface area is 131 Å². The van der Waals surface area contributed by atoms with Crippen molar-refractivity contribution in [2.45, 2.75) is 31.8 Å². The average molecular weight is 323 g/mol. The highest BCUT2D eigenvalue weighted by Gasteiger charge is 2.40. The second kappa shape index (κ2) is 5.91. The Morgan fingerprint density at radius 2 is 1.91 bits per heavy atom. The van der Waals surface area contributed by atoms with Gasteiger partial charge in [0.25, 0.3) is 0 Å². The van der Waals surface area contributed by atoms with Gasteiger partial charge in [-0.05, 0) is 37.0 Å². The molecule has 0 aromatic heterocycles. The van der Waals surface area contributed by atoms with Crippen LogP contribution in [0.25, 0.3) is 0 Å². The number of nitrogens with zero attached hydrogens (tertiary/aromatic N) is 1. The molecule has 0 bridgehead atoms. The first-order valence-corrected chi connectivity index (χ1v) is 9.44. The van der Waals surface area contributed by atoms with E-state index in [1.165, 1.54) is 0 Å². The van der Waals surface area contributed by atoms with Crippen LogP contribution < -0.4 is 4.74 Å². The van der Waals surface area contributed by atoms with Crippen LogP contribution in [0.5, 0.6) is 5.75 Å². The monoisotopic (exact) mass is 323 g/mol. The van der Waals surface area contributed by atoms with Gasteiger partial charge in [0.05, 0.1) is 24.5 Å². The van der Waals surface area contributed by atoms with E-state index in [0.717, 1.165) is 24.2 Å². The molecule has 5 nitrogen and oxygen atoms in total. The van der Waals surface area contributed by atoms with Gasteiger partial charge in [-0.1, -0.05) is 12.1 Å². The molecule has 0 radical (unpaired) electrons. The molecule has 1 saturated carbocycles. The molecule has 0 N–H and O–H groups in total. The van der Waals surface area contributed by atoms with Crippen molar-refractivity contribution in [2.75, 3.05) is 18.6 Å². The third-order valence-corrected chi connectivity index (χ3v) is 6.13. The Kier molecular flexibility index (Phi) is 4.12. The number of hydrogen-bond acceptors (Lipinski definition) is 4. The fraction of sp³-hybridized carbons (Fsp3) is 0.562. The van der Waals surface area contributed by atoms with E-state index in [9.17, 15) is 13.2 Å². The van der Waals surface area contributed by atoms with Gasteiger partial charge in [-0.15, -0.1) is 0 Å². The van der Waals surface area contributed by atoms with Crippen LogP contribution in [0.3, 0.4) is 0 Å². The molecule has 2 fully saturated rings. The molecule has 1 amide bonds. The number of carbonyl (C=O) groups is 1. The Morgan fingerprint density at radius 3 is 2.41 bits per heavy atom. The maximum absolute atomic E-state index is 12.7. The molecule has 1 aromatic rings. The van der Waals surface area contributed by atoms with Crippen molar-refractivity contribution in [3.8, 4) is 5.75 Å². The molecule has 22 heavy (non-hydrogen) atoms. The van der Waals surface area contributed by atoms with Crippen molar-refractivity contribution in [1.82, 2.24) is 4.90 Å². The summed E-state index contributed by atoms with van der Waals surface area (Å²) in [6, 6.07) is 7.94. The highest BCUT2D eigenvalue weighted by Crippen LogP contribution is 2.32. The average Bonchev–Trinajstić information content (AvgIpc) is 3.28. The van der Waals surface area contributed by atoms with Gasteiger partial charge in [0, 0.05) is 12.6 Å². The summed E-state index contributed by atoms with van der Waals surface area (Å²) >= 11 is 0. The Bertz CT molecular complexity index is 649. The molecule has 1 aliphatic carbocycles. The lowest BCUT2D eigenvalue weighted by Gasteiger charge is -2.25. The molecule has 1 saturated heterocycles. The molecular weight excluding hydrogens is 302 g/mol. The van der Waals surface area contributed by atoms with Crippen LogP contribution in [0, 0.1) is 5.92 Å². The fourth-order valence-corrected chi connectivity index (χ4v) is 4.66. The van der Waals surface area contributed by atoms with Crippen molar-refractivity contribution >= 4 is 15.7 Å². The van der Waals surface area contributed by atoms with E-state index in [-0.39, 0.29) is 29.4 Å². The molecule has 1 unspecified atom stereocenters. The minimum atomic E-state index is -3.03. The van der Waals surface area contributed by atoms with E-state index in [0.29, 0.717) is 13.0 Å². The van der Waals surface area contributed by atoms with Gasteiger partial charge in [0.1, 0.15) is 5.75 Å². The van der Waals surface area contributed by atoms with Gasteiger partial charge in [-0.2, -0.15) is 0 Å². The van der Waals surface area contributed by atoms with E-state index in [1.54, 1.807) is 7.11 Å². The largest absolute Gasteiger partial charge is 0.497 e. The number of benzene rings is 1. The van der Waals surface area contributed by atoms with Gasteiger partial charge >= 0.3 is 0 Å². The Balaban J connectivity index is 1.71. The summed E-state index contributed by atoms with van der Waals surface area (Å²) < 4.78 is 28.3. The van der Waals surface area contributed by atoms with Crippen molar-refractivity contribution in [3.63, 3.8) is 0 Å². The first kappa shape index (κ1) is 15.3. The zero-order valence-electron chi connectivity index (χ0n) is 12.7. The lowest BCUT2D eigenvalue weighted by Crippen LogP contribution is -2.37. The smallest absolute Gasteiger partial charge is 0.227 e. The normalized spacial score (nSPS) is 23.2. The predicted octanol–water partition coefficient (Wildman–Crippen LogP) is 1.62. The van der Waals surface area contributed by atoms with Crippen molar-refractivity contribution in [2.24, 2.45) is 5.92 Å². The lowest BCUT2D eigenvalue weighted by atomic mass is 10.1. The molecule has 6 heteroatoms. The summed E-state index contributed by atoms with van der Waals surface area (Å²) in [7, 11) is -1.40. The van der Waals surface area contributed by atoms with E-state index in [2.05, 4.69) is 0 Å². The minimum Gasteiger partial charge on any atom is -0.497 e. The molecule has 1 aliphatic heterocycles. The molecule has 1 atom stereocenters. The highest BCUT2D eigenvalue weighted by atomic mass is 32.2. The van der Waals surface area contributed by atoms with Gasteiger partial charge in [0.15, 0.2) is 9.84 Å². The summed E-state index contributed by atoms with van der Waals surface area (Å²) in [5.74, 6) is 0.584. The molecule has 3 rings (SSSR count). The number of amides is 1. The van der Waals surface area contributed by atoms with E-state index >= 15 is 0 Å². The third-order valence-electron chi connectivity index (χ3n) is 4.36. The van der Waals surface area contributed by atoms with Crippen LogP contribution in [0.4, 0.5) is 0 Å². The van der Waals surface area contributed by atoms with Crippen molar-refractivity contribution in [3.05, 3.63) is 29.8 Å². The Morgan fingerprint density at radius 1 is 1.23 bits per heavy atom. The number of methoxy groups -OCH3 is 1. The number of carbonyl (C=O) groups excluding carboxylic acids is 1. The second-order valence-electron chi connectivity index (χ2n) is 6.15. The molecule has 1 heterocycles. The molecule has 120 valence electrons. The standard InChI is InChI=1S/C16H21NO4S/c1-21-15-6-2-12(3-7-15)10-17(14-4-5-14)16(18)13-8-9-22(19,20)11-13/h2-3,6-7,13-14H,4-5,8-11H2,1H3. The maximum atomic E-state index is 12.7. The maximum Gasteiger partial charge on any atom is 0.227 e. The van der Waals surface area contributed by atoms with Gasteiger partial charge in [0.2, 0.25) is 5.91 Å². The van der Waals surface area contributed by atoms with Crippen molar-refractivity contribution in [1.29, 1.82) is 0 Å². The predicted molar refractivity (Wildman–Crippen MR) is 83.3 cm³/mol. The van der Waals surface area contributed by atoms with Crippen LogP contribution in [0.15, 0.2) is 24.3 Å². The summed E-state index contributed by atoms with van der Waals surface area (Å²) in [4.78, 5) is 14.5. The highest BCUT2D eigenvalue weighted by molar-refractivity contribution is 7.91. The minimum absolute atomic E-state index is 0.000562. The molecule has 0 spiro atoms. The molecule has 2 aliphatic rings. The first-order chi connectivity index (χ1) is 10.5. The quantitative estimate of drug-likeness (QED) is 0.826.